The van der Waals surface area contributed by atoms with Crippen molar-refractivity contribution in [2.75, 3.05) is 31.5 Å². The Labute approximate surface area is 157 Å². The summed E-state index contributed by atoms with van der Waals surface area (Å²) in [5.74, 6) is 0. The largest absolute Gasteiger partial charge is 0.338 e. The topological polar surface area (TPSA) is 44.4 Å². The number of carbonyl (C=O) groups excluding carboxylic acids is 1. The monoisotopic (exact) mass is 353 g/mol. The van der Waals surface area contributed by atoms with Crippen molar-refractivity contribution < 1.29 is 4.79 Å². The molecule has 0 radical (unpaired) electrons. The van der Waals surface area contributed by atoms with Gasteiger partial charge in [0.1, 0.15) is 0 Å². The number of hydrogen-bond acceptors (Lipinski definition) is 2. The molecule has 2 aromatic carbocycles. The molecule has 2 rings (SSSR count). The molecule has 0 atom stereocenters. The number of urea groups is 1. The third-order valence-corrected chi connectivity index (χ3v) is 4.34. The predicted molar refractivity (Wildman–Crippen MR) is 110 cm³/mol. The molecule has 2 N–H and O–H groups in total. The fourth-order valence-corrected chi connectivity index (χ4v) is 3.01. The summed E-state index contributed by atoms with van der Waals surface area (Å²) in [6.07, 6.45) is 3.23. The summed E-state index contributed by atoms with van der Waals surface area (Å²) < 4.78 is 0. The van der Waals surface area contributed by atoms with Gasteiger partial charge in [-0.3, -0.25) is 0 Å². The lowest BCUT2D eigenvalue weighted by Crippen LogP contribution is -2.29. The molecule has 4 nitrogen and oxygen atoms in total. The average Bonchev–Trinajstić information content (AvgIpc) is 2.65. The third-order valence-electron chi connectivity index (χ3n) is 4.34. The van der Waals surface area contributed by atoms with Gasteiger partial charge in [0.2, 0.25) is 0 Å². The van der Waals surface area contributed by atoms with E-state index in [-0.39, 0.29) is 6.03 Å². The molecule has 2 aromatic rings. The molecule has 0 unspecified atom stereocenters. The highest BCUT2D eigenvalue weighted by Gasteiger charge is 2.06. The molecule has 0 aromatic heterocycles. The minimum absolute atomic E-state index is 0.153. The van der Waals surface area contributed by atoms with Gasteiger partial charge in [0.15, 0.2) is 0 Å². The quantitative estimate of drug-likeness (QED) is 0.668. The first-order valence-corrected chi connectivity index (χ1v) is 9.61. The number of carbonyl (C=O) groups is 1. The molecular formula is C22H31N3O. The van der Waals surface area contributed by atoms with Crippen LogP contribution in [-0.2, 0) is 12.8 Å². The van der Waals surface area contributed by atoms with E-state index in [4.69, 9.17) is 0 Å². The van der Waals surface area contributed by atoms with Crippen LogP contribution in [0, 0.1) is 0 Å². The molecule has 0 bridgehead atoms. The van der Waals surface area contributed by atoms with Crippen LogP contribution in [0.3, 0.4) is 0 Å². The minimum Gasteiger partial charge on any atom is -0.338 e. The Morgan fingerprint density at radius 2 is 1.58 bits per heavy atom. The molecule has 0 saturated carbocycles. The van der Waals surface area contributed by atoms with E-state index in [0.29, 0.717) is 6.54 Å². The van der Waals surface area contributed by atoms with Crippen molar-refractivity contribution in [1.82, 2.24) is 10.2 Å². The molecule has 140 valence electrons. The van der Waals surface area contributed by atoms with E-state index in [9.17, 15) is 4.79 Å². The smallest absolute Gasteiger partial charge is 0.319 e. The maximum Gasteiger partial charge on any atom is 0.319 e. The number of nitrogens with one attached hydrogen (secondary N) is 2. The number of rotatable bonds is 10. The number of hydrogen-bond donors (Lipinski definition) is 2. The van der Waals surface area contributed by atoms with Crippen molar-refractivity contribution in [2.24, 2.45) is 0 Å². The number of nitrogens with zero attached hydrogens (tertiary/aromatic N) is 1. The van der Waals surface area contributed by atoms with E-state index >= 15 is 0 Å². The second-order valence-corrected chi connectivity index (χ2v) is 6.51. The normalized spacial score (nSPS) is 10.7. The van der Waals surface area contributed by atoms with Crippen molar-refractivity contribution in [1.29, 1.82) is 0 Å². The van der Waals surface area contributed by atoms with Crippen LogP contribution in [0.2, 0.25) is 0 Å². The summed E-state index contributed by atoms with van der Waals surface area (Å²) in [6.45, 7) is 7.99. The highest BCUT2D eigenvalue weighted by molar-refractivity contribution is 5.89. The zero-order valence-corrected chi connectivity index (χ0v) is 16.0. The maximum absolute atomic E-state index is 11.7. The fraction of sp³-hybridized carbons (Fsp3) is 0.409. The molecule has 0 heterocycles. The van der Waals surface area contributed by atoms with Gasteiger partial charge in [0.25, 0.3) is 0 Å². The van der Waals surface area contributed by atoms with Crippen molar-refractivity contribution in [3.63, 3.8) is 0 Å². The lowest BCUT2D eigenvalue weighted by Gasteiger charge is -2.22. The summed E-state index contributed by atoms with van der Waals surface area (Å²) >= 11 is 0. The van der Waals surface area contributed by atoms with E-state index in [2.05, 4.69) is 64.9 Å². The van der Waals surface area contributed by atoms with Crippen LogP contribution < -0.4 is 10.6 Å². The SMILES string of the molecule is CCCN(CCc1ccccc1)CCc1cccc(NC(=O)NCC)c1. The average molecular weight is 354 g/mol. The maximum atomic E-state index is 11.7. The van der Waals surface area contributed by atoms with Crippen molar-refractivity contribution in [3.05, 3.63) is 65.7 Å². The van der Waals surface area contributed by atoms with Crippen LogP contribution in [0.1, 0.15) is 31.4 Å². The Bertz CT molecular complexity index is 657. The lowest BCUT2D eigenvalue weighted by atomic mass is 10.1. The second-order valence-electron chi connectivity index (χ2n) is 6.51. The van der Waals surface area contributed by atoms with Crippen LogP contribution >= 0.6 is 0 Å². The van der Waals surface area contributed by atoms with Gasteiger partial charge in [-0.2, -0.15) is 0 Å². The zero-order valence-electron chi connectivity index (χ0n) is 16.0. The third kappa shape index (κ3) is 7.28. The molecule has 0 aliphatic rings. The molecule has 0 spiro atoms. The van der Waals surface area contributed by atoms with Gasteiger partial charge in [-0.25, -0.2) is 4.79 Å². The van der Waals surface area contributed by atoms with Gasteiger partial charge < -0.3 is 15.5 Å². The molecule has 0 aliphatic carbocycles. The van der Waals surface area contributed by atoms with E-state index in [1.165, 1.54) is 11.1 Å². The number of anilines is 1. The minimum atomic E-state index is -0.153. The second kappa shape index (κ2) is 11.3. The summed E-state index contributed by atoms with van der Waals surface area (Å²) in [4.78, 5) is 14.2. The highest BCUT2D eigenvalue weighted by Crippen LogP contribution is 2.12. The van der Waals surface area contributed by atoms with Gasteiger partial charge in [0, 0.05) is 25.3 Å². The first kappa shape index (κ1) is 20.0. The van der Waals surface area contributed by atoms with Gasteiger partial charge in [-0.15, -0.1) is 0 Å². The summed E-state index contributed by atoms with van der Waals surface area (Å²) in [5, 5.41) is 5.63. The van der Waals surface area contributed by atoms with Crippen LogP contribution in [0.5, 0.6) is 0 Å². The highest BCUT2D eigenvalue weighted by atomic mass is 16.2. The van der Waals surface area contributed by atoms with Crippen LogP contribution in [-0.4, -0.2) is 37.1 Å². The van der Waals surface area contributed by atoms with E-state index in [0.717, 1.165) is 44.6 Å². The van der Waals surface area contributed by atoms with Crippen molar-refractivity contribution in [2.45, 2.75) is 33.1 Å². The van der Waals surface area contributed by atoms with E-state index in [1.807, 2.05) is 19.1 Å². The zero-order chi connectivity index (χ0) is 18.6. The summed E-state index contributed by atoms with van der Waals surface area (Å²) in [5.41, 5.74) is 3.49. The van der Waals surface area contributed by atoms with Gasteiger partial charge in [0.05, 0.1) is 0 Å². The van der Waals surface area contributed by atoms with Gasteiger partial charge in [-0.1, -0.05) is 49.4 Å². The van der Waals surface area contributed by atoms with Gasteiger partial charge in [-0.05, 0) is 56.0 Å². The first-order chi connectivity index (χ1) is 12.7. The van der Waals surface area contributed by atoms with Crippen LogP contribution in [0.25, 0.3) is 0 Å². The fourth-order valence-electron chi connectivity index (χ4n) is 3.01. The molecule has 0 aliphatic heterocycles. The molecule has 0 fully saturated rings. The van der Waals surface area contributed by atoms with Crippen LogP contribution in [0.4, 0.5) is 10.5 Å². The first-order valence-electron chi connectivity index (χ1n) is 9.61. The Kier molecular flexibility index (Phi) is 8.70. The van der Waals surface area contributed by atoms with Crippen molar-refractivity contribution in [3.8, 4) is 0 Å². The molecule has 0 saturated heterocycles. The Morgan fingerprint density at radius 1 is 0.885 bits per heavy atom. The Morgan fingerprint density at radius 3 is 2.27 bits per heavy atom. The van der Waals surface area contributed by atoms with E-state index in [1.54, 1.807) is 0 Å². The Balaban J connectivity index is 1.86. The Hall–Kier alpha value is -2.33. The lowest BCUT2D eigenvalue weighted by molar-refractivity contribution is 0.252. The molecular weight excluding hydrogens is 322 g/mol. The summed E-state index contributed by atoms with van der Waals surface area (Å²) in [7, 11) is 0. The standard InChI is InChI=1S/C22H31N3O/c1-3-15-25(16-13-19-9-6-5-7-10-19)17-14-20-11-8-12-21(18-20)24-22(26)23-4-2/h5-12,18H,3-4,13-17H2,1-2H3,(H2,23,24,26). The van der Waals surface area contributed by atoms with E-state index < -0.39 is 0 Å². The van der Waals surface area contributed by atoms with Crippen molar-refractivity contribution >= 4 is 11.7 Å². The number of benzene rings is 2. The predicted octanol–water partition coefficient (Wildman–Crippen LogP) is 4.33. The van der Waals surface area contributed by atoms with Crippen LogP contribution in [0.15, 0.2) is 54.6 Å². The molecule has 2 amide bonds. The summed E-state index contributed by atoms with van der Waals surface area (Å²) in [6, 6.07) is 18.6. The van der Waals surface area contributed by atoms with Gasteiger partial charge >= 0.3 is 6.03 Å². The number of amides is 2. The molecule has 4 heteroatoms. The molecule has 26 heavy (non-hydrogen) atoms.